The van der Waals surface area contributed by atoms with Gasteiger partial charge >= 0.3 is 5.97 Å². The number of ether oxygens (including phenoxy) is 2. The maximum atomic E-state index is 13.5. The normalized spacial score (nSPS) is 12.0. The molecule has 3 rings (SSSR count). The number of hydrogen-bond donors (Lipinski definition) is 1. The van der Waals surface area contributed by atoms with Gasteiger partial charge in [0.15, 0.2) is 6.10 Å². The van der Waals surface area contributed by atoms with Crippen LogP contribution in [0.2, 0.25) is 5.02 Å². The van der Waals surface area contributed by atoms with Gasteiger partial charge in [0.2, 0.25) is 5.89 Å². The molecule has 0 radical (unpaired) electrons. The van der Waals surface area contributed by atoms with Gasteiger partial charge in [-0.3, -0.25) is 0 Å². The monoisotopic (exact) mass is 447 g/mol. The first-order valence-corrected chi connectivity index (χ1v) is 10.1. The van der Waals surface area contributed by atoms with Crippen LogP contribution in [0.25, 0.3) is 11.5 Å². The predicted octanol–water partition coefficient (Wildman–Crippen LogP) is 5.36. The number of carboxylic acids is 1. The molecule has 0 fully saturated rings. The van der Waals surface area contributed by atoms with Crippen LogP contribution in [0.1, 0.15) is 29.5 Å². The highest BCUT2D eigenvalue weighted by Crippen LogP contribution is 2.27. The number of carboxylic acid groups (broad SMARTS) is 1. The topological polar surface area (TPSA) is 81.8 Å². The van der Waals surface area contributed by atoms with Gasteiger partial charge in [0.1, 0.15) is 29.6 Å². The van der Waals surface area contributed by atoms with Gasteiger partial charge < -0.3 is 19.0 Å². The van der Waals surface area contributed by atoms with Crippen LogP contribution in [-0.2, 0) is 22.6 Å². The third kappa shape index (κ3) is 5.62. The highest BCUT2D eigenvalue weighted by atomic mass is 35.5. The fraction of sp³-hybridized carbons (Fsp3) is 0.304. The minimum absolute atomic E-state index is 0.155. The number of aromatic nitrogens is 1. The highest BCUT2D eigenvalue weighted by molar-refractivity contribution is 6.31. The summed E-state index contributed by atoms with van der Waals surface area (Å²) in [6.07, 6.45) is -0.800. The number of aliphatic carboxylic acids is 1. The van der Waals surface area contributed by atoms with Crippen molar-refractivity contribution in [3.8, 4) is 17.2 Å². The molecule has 0 saturated heterocycles. The van der Waals surface area contributed by atoms with E-state index >= 15 is 0 Å². The quantitative estimate of drug-likeness (QED) is 0.475. The Bertz CT molecular complexity index is 1080. The molecular weight excluding hydrogens is 425 g/mol. The van der Waals surface area contributed by atoms with E-state index in [1.165, 1.54) is 6.07 Å². The first-order chi connectivity index (χ1) is 14.8. The molecule has 164 valence electrons. The standard InChI is InChI=1S/C23H23ClFNO5/c1-4-29-21(23(27)28)10-15-5-7-17(11-18(15)24)30-12-20-14(3)31-22(26-20)16-6-8-19(25)13(2)9-16/h5-9,11,21H,4,10,12H2,1-3H3,(H,27,28). The van der Waals surface area contributed by atoms with Gasteiger partial charge in [0, 0.05) is 23.6 Å². The first kappa shape index (κ1) is 22.8. The zero-order valence-corrected chi connectivity index (χ0v) is 18.2. The Morgan fingerprint density at radius 1 is 1.26 bits per heavy atom. The van der Waals surface area contributed by atoms with Crippen molar-refractivity contribution in [2.45, 2.75) is 39.9 Å². The molecule has 3 aromatic rings. The molecule has 0 bridgehead atoms. The Balaban J connectivity index is 1.69. The van der Waals surface area contributed by atoms with E-state index in [2.05, 4.69) is 4.98 Å². The number of nitrogens with zero attached hydrogens (tertiary/aromatic N) is 1. The number of oxazole rings is 1. The van der Waals surface area contributed by atoms with E-state index in [9.17, 15) is 14.3 Å². The average molecular weight is 448 g/mol. The predicted molar refractivity (Wildman–Crippen MR) is 114 cm³/mol. The van der Waals surface area contributed by atoms with Gasteiger partial charge in [-0.1, -0.05) is 17.7 Å². The van der Waals surface area contributed by atoms with Crippen molar-refractivity contribution in [2.75, 3.05) is 6.61 Å². The van der Waals surface area contributed by atoms with Gasteiger partial charge in [-0.05, 0) is 62.2 Å². The number of halogens is 2. The molecule has 0 spiro atoms. The SMILES string of the molecule is CCOC(Cc1ccc(OCc2nc(-c3ccc(F)c(C)c3)oc2C)cc1Cl)C(=O)O. The Labute approximate surface area is 184 Å². The maximum Gasteiger partial charge on any atom is 0.333 e. The number of aryl methyl sites for hydroxylation is 2. The van der Waals surface area contributed by atoms with Crippen LogP contribution in [0.15, 0.2) is 40.8 Å². The molecule has 1 N–H and O–H groups in total. The van der Waals surface area contributed by atoms with Gasteiger partial charge in [-0.15, -0.1) is 0 Å². The third-order valence-corrected chi connectivity index (χ3v) is 5.10. The number of carbonyl (C=O) groups is 1. The van der Waals surface area contributed by atoms with Gasteiger partial charge in [-0.2, -0.15) is 0 Å². The summed E-state index contributed by atoms with van der Waals surface area (Å²) < 4.78 is 30.2. The van der Waals surface area contributed by atoms with Crippen LogP contribution in [0.4, 0.5) is 4.39 Å². The minimum Gasteiger partial charge on any atom is -0.487 e. The second-order valence-corrected chi connectivity index (χ2v) is 7.42. The van der Waals surface area contributed by atoms with Crippen LogP contribution in [-0.4, -0.2) is 28.8 Å². The lowest BCUT2D eigenvalue weighted by Gasteiger charge is -2.14. The molecule has 1 atom stereocenters. The molecular formula is C23H23ClFNO5. The molecule has 0 aliphatic heterocycles. The largest absolute Gasteiger partial charge is 0.487 e. The zero-order valence-electron chi connectivity index (χ0n) is 17.4. The zero-order chi connectivity index (χ0) is 22.5. The van der Waals surface area contributed by atoms with E-state index in [4.69, 9.17) is 25.5 Å². The second kappa shape index (κ2) is 9.94. The molecule has 8 heteroatoms. The van der Waals surface area contributed by atoms with Crippen molar-refractivity contribution < 1.29 is 28.2 Å². The molecule has 2 aromatic carbocycles. The van der Waals surface area contributed by atoms with E-state index in [1.807, 2.05) is 0 Å². The van der Waals surface area contributed by atoms with E-state index in [0.717, 1.165) is 0 Å². The Kier molecular flexibility index (Phi) is 7.30. The Morgan fingerprint density at radius 3 is 2.68 bits per heavy atom. The lowest BCUT2D eigenvalue weighted by Crippen LogP contribution is -2.26. The van der Waals surface area contributed by atoms with Crippen molar-refractivity contribution in [3.63, 3.8) is 0 Å². The van der Waals surface area contributed by atoms with E-state index in [1.54, 1.807) is 51.1 Å². The molecule has 6 nitrogen and oxygen atoms in total. The minimum atomic E-state index is -1.04. The molecule has 31 heavy (non-hydrogen) atoms. The lowest BCUT2D eigenvalue weighted by molar-refractivity contribution is -0.149. The number of hydrogen-bond acceptors (Lipinski definition) is 5. The van der Waals surface area contributed by atoms with Gasteiger partial charge in [-0.25, -0.2) is 14.2 Å². The van der Waals surface area contributed by atoms with Crippen molar-refractivity contribution in [3.05, 3.63) is 69.8 Å². The van der Waals surface area contributed by atoms with Crippen LogP contribution in [0.3, 0.4) is 0 Å². The van der Waals surface area contributed by atoms with Crippen molar-refractivity contribution in [2.24, 2.45) is 0 Å². The van der Waals surface area contributed by atoms with Gasteiger partial charge in [0.25, 0.3) is 0 Å². The molecule has 1 heterocycles. The lowest BCUT2D eigenvalue weighted by atomic mass is 10.1. The van der Waals surface area contributed by atoms with Crippen molar-refractivity contribution in [1.82, 2.24) is 4.98 Å². The summed E-state index contributed by atoms with van der Waals surface area (Å²) in [7, 11) is 0. The fourth-order valence-corrected chi connectivity index (χ4v) is 3.26. The Morgan fingerprint density at radius 2 is 2.03 bits per heavy atom. The van der Waals surface area contributed by atoms with Crippen molar-refractivity contribution >= 4 is 17.6 Å². The Hall–Kier alpha value is -2.90. The molecule has 1 aromatic heterocycles. The summed E-state index contributed by atoms with van der Waals surface area (Å²) in [6.45, 7) is 5.65. The summed E-state index contributed by atoms with van der Waals surface area (Å²) in [5.74, 6) is 0.182. The third-order valence-electron chi connectivity index (χ3n) is 4.75. The number of rotatable bonds is 9. The first-order valence-electron chi connectivity index (χ1n) is 9.77. The molecule has 0 aliphatic carbocycles. The molecule has 0 amide bonds. The van der Waals surface area contributed by atoms with Crippen LogP contribution in [0.5, 0.6) is 5.75 Å². The molecule has 1 unspecified atom stereocenters. The van der Waals surface area contributed by atoms with E-state index in [0.29, 0.717) is 51.4 Å². The van der Waals surface area contributed by atoms with Crippen LogP contribution >= 0.6 is 11.6 Å². The average Bonchev–Trinajstić information content (AvgIpc) is 3.10. The number of benzene rings is 2. The summed E-state index contributed by atoms with van der Waals surface area (Å²) in [5.41, 5.74) is 2.46. The van der Waals surface area contributed by atoms with E-state index in [-0.39, 0.29) is 18.8 Å². The van der Waals surface area contributed by atoms with Gasteiger partial charge in [0.05, 0.1) is 0 Å². The summed E-state index contributed by atoms with van der Waals surface area (Å²) >= 11 is 6.31. The molecule has 0 saturated carbocycles. The fourth-order valence-electron chi connectivity index (χ4n) is 3.02. The van der Waals surface area contributed by atoms with Crippen LogP contribution in [0, 0.1) is 19.7 Å². The smallest absolute Gasteiger partial charge is 0.333 e. The molecule has 0 aliphatic rings. The maximum absolute atomic E-state index is 13.5. The van der Waals surface area contributed by atoms with Crippen molar-refractivity contribution in [1.29, 1.82) is 0 Å². The van der Waals surface area contributed by atoms with E-state index < -0.39 is 12.1 Å². The summed E-state index contributed by atoms with van der Waals surface area (Å²) in [6, 6.07) is 9.73. The summed E-state index contributed by atoms with van der Waals surface area (Å²) in [4.78, 5) is 15.7. The van der Waals surface area contributed by atoms with Crippen LogP contribution < -0.4 is 4.74 Å². The highest BCUT2D eigenvalue weighted by Gasteiger charge is 2.20. The summed E-state index contributed by atoms with van der Waals surface area (Å²) in [5, 5.41) is 9.62. The second-order valence-electron chi connectivity index (χ2n) is 7.01.